The summed E-state index contributed by atoms with van der Waals surface area (Å²) in [6.07, 6.45) is 1.50. The molecule has 134 valence electrons. The molecule has 1 N–H and O–H groups in total. The summed E-state index contributed by atoms with van der Waals surface area (Å²) in [6.45, 7) is 1.66. The van der Waals surface area contributed by atoms with E-state index in [0.29, 0.717) is 15.7 Å². The second-order valence-corrected chi connectivity index (χ2v) is 6.51. The number of nitrogens with one attached hydrogen (secondary N) is 1. The van der Waals surface area contributed by atoms with Gasteiger partial charge >= 0.3 is 0 Å². The van der Waals surface area contributed by atoms with Gasteiger partial charge in [0.1, 0.15) is 12.1 Å². The maximum absolute atomic E-state index is 12.1. The van der Waals surface area contributed by atoms with Crippen LogP contribution in [0.15, 0.2) is 36.7 Å². The van der Waals surface area contributed by atoms with E-state index in [9.17, 15) is 4.79 Å². The van der Waals surface area contributed by atoms with E-state index in [1.54, 1.807) is 18.2 Å². The van der Waals surface area contributed by atoms with Gasteiger partial charge in [0.25, 0.3) is 5.91 Å². The van der Waals surface area contributed by atoms with Gasteiger partial charge in [0.05, 0.1) is 20.8 Å². The molecule has 1 heterocycles. The van der Waals surface area contributed by atoms with Crippen molar-refractivity contribution < 1.29 is 9.53 Å². The van der Waals surface area contributed by atoms with E-state index in [1.165, 1.54) is 23.1 Å². The quantitative estimate of drug-likeness (QED) is 0.642. The fourth-order valence-corrected chi connectivity index (χ4v) is 2.81. The number of benzene rings is 2. The first-order valence-corrected chi connectivity index (χ1v) is 8.48. The van der Waals surface area contributed by atoms with Crippen molar-refractivity contribution in [1.29, 1.82) is 0 Å². The standard InChI is InChI=1S/C16H12Cl3N5O2/c1-9-4-10(2-3-14(9)24-8-20-22-23-24)21-16(25)7-26-15-6-12(18)11(17)5-13(15)19/h2-6,8H,7H2,1H3,(H,21,25). The minimum atomic E-state index is -0.346. The monoisotopic (exact) mass is 411 g/mol. The number of carbonyl (C=O) groups is 1. The topological polar surface area (TPSA) is 81.9 Å². The molecule has 0 radical (unpaired) electrons. The maximum Gasteiger partial charge on any atom is 0.262 e. The molecular weight excluding hydrogens is 401 g/mol. The zero-order valence-corrected chi connectivity index (χ0v) is 15.7. The zero-order chi connectivity index (χ0) is 18.7. The van der Waals surface area contributed by atoms with Gasteiger partial charge in [-0.05, 0) is 47.2 Å². The van der Waals surface area contributed by atoms with Crippen LogP contribution in [0, 0.1) is 6.92 Å². The number of aryl methyl sites for hydroxylation is 1. The fourth-order valence-electron chi connectivity index (χ4n) is 2.22. The lowest BCUT2D eigenvalue weighted by atomic mass is 10.2. The number of rotatable bonds is 5. The normalized spacial score (nSPS) is 10.6. The number of nitrogens with zero attached hydrogens (tertiary/aromatic N) is 4. The summed E-state index contributed by atoms with van der Waals surface area (Å²) in [4.78, 5) is 12.1. The molecule has 0 saturated carbocycles. The molecule has 7 nitrogen and oxygen atoms in total. The Hall–Kier alpha value is -2.35. The van der Waals surface area contributed by atoms with Gasteiger partial charge in [0.2, 0.25) is 0 Å². The summed E-state index contributed by atoms with van der Waals surface area (Å²) in [7, 11) is 0. The van der Waals surface area contributed by atoms with Gasteiger partial charge in [-0.15, -0.1) is 5.10 Å². The average molecular weight is 413 g/mol. The van der Waals surface area contributed by atoms with E-state index in [0.717, 1.165) is 11.3 Å². The van der Waals surface area contributed by atoms with Crippen LogP contribution >= 0.6 is 34.8 Å². The summed E-state index contributed by atoms with van der Waals surface area (Å²) >= 11 is 17.8. The molecule has 10 heteroatoms. The lowest BCUT2D eigenvalue weighted by molar-refractivity contribution is -0.118. The van der Waals surface area contributed by atoms with Crippen LogP contribution in [0.2, 0.25) is 15.1 Å². The highest BCUT2D eigenvalue weighted by Gasteiger charge is 2.11. The van der Waals surface area contributed by atoms with Gasteiger partial charge in [-0.1, -0.05) is 34.8 Å². The number of aromatic nitrogens is 4. The van der Waals surface area contributed by atoms with Crippen LogP contribution in [0.25, 0.3) is 5.69 Å². The molecule has 3 aromatic rings. The molecule has 0 aliphatic rings. The molecule has 26 heavy (non-hydrogen) atoms. The molecule has 0 fully saturated rings. The van der Waals surface area contributed by atoms with Gasteiger partial charge in [0.15, 0.2) is 6.61 Å². The first-order valence-electron chi connectivity index (χ1n) is 7.35. The first-order chi connectivity index (χ1) is 12.4. The minimum absolute atomic E-state index is 0.231. The number of tetrazole rings is 1. The van der Waals surface area contributed by atoms with Gasteiger partial charge in [-0.2, -0.15) is 0 Å². The van der Waals surface area contributed by atoms with Gasteiger partial charge in [-0.3, -0.25) is 4.79 Å². The highest BCUT2D eigenvalue weighted by molar-refractivity contribution is 6.43. The van der Waals surface area contributed by atoms with Crippen LogP contribution in [-0.2, 0) is 4.79 Å². The molecule has 0 aliphatic carbocycles. The lowest BCUT2D eigenvalue weighted by Gasteiger charge is -2.11. The fraction of sp³-hybridized carbons (Fsp3) is 0.125. The molecule has 1 aromatic heterocycles. The SMILES string of the molecule is Cc1cc(NC(=O)COc2cc(Cl)c(Cl)cc2Cl)ccc1-n1cnnn1. The summed E-state index contributed by atoms with van der Waals surface area (Å²) < 4.78 is 6.94. The number of hydrogen-bond donors (Lipinski definition) is 1. The Morgan fingerprint density at radius 3 is 2.62 bits per heavy atom. The van der Waals surface area contributed by atoms with Crippen LogP contribution in [0.3, 0.4) is 0 Å². The van der Waals surface area contributed by atoms with Crippen LogP contribution < -0.4 is 10.1 Å². The molecular formula is C16H12Cl3N5O2. The van der Waals surface area contributed by atoms with Crippen LogP contribution in [0.1, 0.15) is 5.56 Å². The largest absolute Gasteiger partial charge is 0.482 e. The second kappa shape index (κ2) is 7.90. The van der Waals surface area contributed by atoms with Crippen molar-refractivity contribution in [3.8, 4) is 11.4 Å². The molecule has 0 unspecified atom stereocenters. The number of ether oxygens (including phenoxy) is 1. The zero-order valence-electron chi connectivity index (χ0n) is 13.4. The Kier molecular flexibility index (Phi) is 5.61. The van der Waals surface area contributed by atoms with E-state index in [-0.39, 0.29) is 23.3 Å². The maximum atomic E-state index is 12.1. The molecule has 0 aliphatic heterocycles. The van der Waals surface area contributed by atoms with E-state index in [4.69, 9.17) is 39.5 Å². The molecule has 2 aromatic carbocycles. The van der Waals surface area contributed by atoms with Crippen LogP contribution in [-0.4, -0.2) is 32.7 Å². The number of anilines is 1. The van der Waals surface area contributed by atoms with Crippen LogP contribution in [0.5, 0.6) is 5.75 Å². The Morgan fingerprint density at radius 2 is 1.92 bits per heavy atom. The van der Waals surface area contributed by atoms with E-state index in [1.807, 2.05) is 6.92 Å². The third-order valence-corrected chi connectivity index (χ3v) is 4.43. The highest BCUT2D eigenvalue weighted by atomic mass is 35.5. The summed E-state index contributed by atoms with van der Waals surface area (Å²) in [5.41, 5.74) is 2.32. The van der Waals surface area contributed by atoms with Gasteiger partial charge in [-0.25, -0.2) is 4.68 Å². The van der Waals surface area contributed by atoms with Crippen molar-refractivity contribution in [3.05, 3.63) is 57.3 Å². The minimum Gasteiger partial charge on any atom is -0.482 e. The highest BCUT2D eigenvalue weighted by Crippen LogP contribution is 2.33. The average Bonchev–Trinajstić information content (AvgIpc) is 3.11. The molecule has 1 amide bonds. The summed E-state index contributed by atoms with van der Waals surface area (Å²) in [5, 5.41) is 14.7. The molecule has 3 rings (SSSR count). The van der Waals surface area contributed by atoms with E-state index in [2.05, 4.69) is 20.8 Å². The van der Waals surface area contributed by atoms with Crippen molar-refractivity contribution in [2.24, 2.45) is 0 Å². The molecule has 0 spiro atoms. The van der Waals surface area contributed by atoms with Crippen molar-refractivity contribution in [3.63, 3.8) is 0 Å². The second-order valence-electron chi connectivity index (χ2n) is 5.29. The third kappa shape index (κ3) is 4.24. The number of hydrogen-bond acceptors (Lipinski definition) is 5. The number of amides is 1. The lowest BCUT2D eigenvalue weighted by Crippen LogP contribution is -2.20. The van der Waals surface area contributed by atoms with Crippen molar-refractivity contribution in [2.45, 2.75) is 6.92 Å². The van der Waals surface area contributed by atoms with Crippen LogP contribution in [0.4, 0.5) is 5.69 Å². The summed E-state index contributed by atoms with van der Waals surface area (Å²) in [6, 6.07) is 8.28. The van der Waals surface area contributed by atoms with E-state index >= 15 is 0 Å². The molecule has 0 atom stereocenters. The third-order valence-electron chi connectivity index (χ3n) is 3.41. The van der Waals surface area contributed by atoms with Crippen molar-refractivity contribution in [2.75, 3.05) is 11.9 Å². The Labute approximate surface area is 163 Å². The Bertz CT molecular complexity index is 947. The number of carbonyl (C=O) groups excluding carboxylic acids is 1. The Morgan fingerprint density at radius 1 is 1.15 bits per heavy atom. The first kappa shape index (κ1) is 18.4. The van der Waals surface area contributed by atoms with Crippen molar-refractivity contribution in [1.82, 2.24) is 20.2 Å². The predicted octanol–water partition coefficient (Wildman–Crippen LogP) is 3.95. The molecule has 0 saturated heterocycles. The number of halogens is 3. The van der Waals surface area contributed by atoms with Gasteiger partial charge < -0.3 is 10.1 Å². The predicted molar refractivity (Wildman–Crippen MR) is 99.5 cm³/mol. The van der Waals surface area contributed by atoms with E-state index < -0.39 is 0 Å². The smallest absolute Gasteiger partial charge is 0.262 e. The molecule has 0 bridgehead atoms. The van der Waals surface area contributed by atoms with Gasteiger partial charge in [0, 0.05) is 11.8 Å². The summed E-state index contributed by atoms with van der Waals surface area (Å²) in [5.74, 6) is -0.0665. The van der Waals surface area contributed by atoms with Crippen molar-refractivity contribution >= 4 is 46.4 Å². The Balaban J connectivity index is 1.63.